The third-order valence-corrected chi connectivity index (χ3v) is 3.06. The van der Waals surface area contributed by atoms with Gasteiger partial charge in [0.1, 0.15) is 11.8 Å². The van der Waals surface area contributed by atoms with Crippen molar-refractivity contribution in [2.45, 2.75) is 24.9 Å². The first kappa shape index (κ1) is 9.81. The third-order valence-electron chi connectivity index (χ3n) is 3.06. The highest BCUT2D eigenvalue weighted by Crippen LogP contribution is 2.39. The Morgan fingerprint density at radius 2 is 2.19 bits per heavy atom. The van der Waals surface area contributed by atoms with Crippen molar-refractivity contribution < 1.29 is 10.2 Å². The van der Waals surface area contributed by atoms with Crippen molar-refractivity contribution >= 4 is 5.65 Å². The molecule has 16 heavy (non-hydrogen) atoms. The molecule has 0 saturated heterocycles. The second-order valence-corrected chi connectivity index (χ2v) is 4.37. The average Bonchev–Trinajstić information content (AvgIpc) is 3.07. The number of imidazole rings is 1. The highest BCUT2D eigenvalue weighted by Gasteiger charge is 2.23. The topological polar surface area (TPSA) is 57.8 Å². The summed E-state index contributed by atoms with van der Waals surface area (Å²) in [5.41, 5.74) is 2.66. The van der Waals surface area contributed by atoms with E-state index in [1.807, 2.05) is 10.5 Å². The van der Waals surface area contributed by atoms with E-state index in [9.17, 15) is 5.11 Å². The number of aliphatic hydroxyl groups is 2. The second-order valence-electron chi connectivity index (χ2n) is 4.37. The average molecular weight is 218 g/mol. The van der Waals surface area contributed by atoms with Crippen molar-refractivity contribution in [3.05, 3.63) is 35.8 Å². The molecule has 2 aromatic rings. The summed E-state index contributed by atoms with van der Waals surface area (Å²) >= 11 is 0. The lowest BCUT2D eigenvalue weighted by molar-refractivity contribution is 0.0927. The van der Waals surface area contributed by atoms with Crippen LogP contribution in [0.15, 0.2) is 24.5 Å². The van der Waals surface area contributed by atoms with Crippen LogP contribution in [0.5, 0.6) is 0 Å². The summed E-state index contributed by atoms with van der Waals surface area (Å²) in [5, 5.41) is 18.4. The predicted molar refractivity (Wildman–Crippen MR) is 59.2 cm³/mol. The van der Waals surface area contributed by atoms with Crippen LogP contribution in [0.1, 0.15) is 36.1 Å². The Kier molecular flexibility index (Phi) is 2.19. The van der Waals surface area contributed by atoms with Gasteiger partial charge in [0.2, 0.25) is 0 Å². The van der Waals surface area contributed by atoms with Gasteiger partial charge in [0.15, 0.2) is 0 Å². The summed E-state index contributed by atoms with van der Waals surface area (Å²) in [7, 11) is 0. The normalized spacial score (nSPS) is 17.9. The second kappa shape index (κ2) is 3.57. The summed E-state index contributed by atoms with van der Waals surface area (Å²) in [4.78, 5) is 4.26. The lowest BCUT2D eigenvalue weighted by atomic mass is 10.2. The molecule has 1 aliphatic rings. The van der Waals surface area contributed by atoms with E-state index < -0.39 is 6.10 Å². The number of hydrogen-bond donors (Lipinski definition) is 2. The molecule has 4 nitrogen and oxygen atoms in total. The molecule has 1 fully saturated rings. The summed E-state index contributed by atoms with van der Waals surface area (Å²) in [5.74, 6) is 0.706. The van der Waals surface area contributed by atoms with Gasteiger partial charge < -0.3 is 14.6 Å². The summed E-state index contributed by atoms with van der Waals surface area (Å²) < 4.78 is 1.92. The van der Waals surface area contributed by atoms with Crippen LogP contribution in [0.25, 0.3) is 5.65 Å². The Morgan fingerprint density at radius 1 is 1.38 bits per heavy atom. The third kappa shape index (κ3) is 1.60. The zero-order valence-corrected chi connectivity index (χ0v) is 8.87. The molecule has 1 atom stereocenters. The fraction of sp³-hybridized carbons (Fsp3) is 0.417. The number of fused-ring (bicyclic) bond motifs is 1. The van der Waals surface area contributed by atoms with Crippen molar-refractivity contribution in [2.24, 2.45) is 0 Å². The molecule has 0 aliphatic heterocycles. The maximum Gasteiger partial charge on any atom is 0.137 e. The highest BCUT2D eigenvalue weighted by molar-refractivity contribution is 5.43. The number of nitrogens with zero attached hydrogens (tertiary/aromatic N) is 2. The van der Waals surface area contributed by atoms with Crippen LogP contribution < -0.4 is 0 Å². The zero-order chi connectivity index (χ0) is 11.1. The fourth-order valence-corrected chi connectivity index (χ4v) is 1.94. The molecule has 2 aromatic heterocycles. The maximum absolute atomic E-state index is 9.50. The van der Waals surface area contributed by atoms with E-state index in [-0.39, 0.29) is 6.61 Å². The minimum absolute atomic E-state index is 0.292. The Bertz CT molecular complexity index is 517. The first-order valence-corrected chi connectivity index (χ1v) is 5.55. The minimum Gasteiger partial charge on any atom is -0.393 e. The number of aromatic nitrogens is 2. The van der Waals surface area contributed by atoms with Gasteiger partial charge in [-0.05, 0) is 30.4 Å². The summed E-state index contributed by atoms with van der Waals surface area (Å²) in [6.45, 7) is -0.292. The molecule has 0 aromatic carbocycles. The van der Waals surface area contributed by atoms with E-state index in [2.05, 4.69) is 17.2 Å². The molecule has 0 bridgehead atoms. The molecular formula is C12H14N2O2. The Labute approximate surface area is 93.2 Å². The first-order valence-electron chi connectivity index (χ1n) is 5.55. The van der Waals surface area contributed by atoms with Crippen LogP contribution in [-0.2, 0) is 0 Å². The van der Waals surface area contributed by atoms with Crippen molar-refractivity contribution in [1.82, 2.24) is 9.38 Å². The van der Waals surface area contributed by atoms with Crippen molar-refractivity contribution in [3.8, 4) is 0 Å². The lowest BCUT2D eigenvalue weighted by Crippen LogP contribution is -2.02. The molecule has 4 heteroatoms. The van der Waals surface area contributed by atoms with Crippen LogP contribution in [-0.4, -0.2) is 26.2 Å². The summed E-state index contributed by atoms with van der Waals surface area (Å²) in [6.07, 6.45) is 5.50. The van der Waals surface area contributed by atoms with Gasteiger partial charge >= 0.3 is 0 Å². The number of aliphatic hydroxyl groups excluding tert-OH is 2. The fourth-order valence-electron chi connectivity index (χ4n) is 1.94. The minimum atomic E-state index is -0.885. The van der Waals surface area contributed by atoms with Gasteiger partial charge in [0.05, 0.1) is 12.3 Å². The Hall–Kier alpha value is -1.39. The van der Waals surface area contributed by atoms with Crippen LogP contribution in [0.2, 0.25) is 0 Å². The monoisotopic (exact) mass is 218 g/mol. The number of hydrogen-bond acceptors (Lipinski definition) is 3. The first-order chi connectivity index (χ1) is 7.78. The Balaban J connectivity index is 2.03. The molecule has 84 valence electrons. The van der Waals surface area contributed by atoms with Gasteiger partial charge in [-0.3, -0.25) is 0 Å². The van der Waals surface area contributed by atoms with E-state index in [1.54, 1.807) is 6.20 Å². The zero-order valence-electron chi connectivity index (χ0n) is 8.87. The summed E-state index contributed by atoms with van der Waals surface area (Å²) in [6, 6.07) is 4.05. The molecule has 2 heterocycles. The molecule has 1 saturated carbocycles. The van der Waals surface area contributed by atoms with Gasteiger partial charge in [-0.25, -0.2) is 4.98 Å². The molecule has 0 amide bonds. The quantitative estimate of drug-likeness (QED) is 0.814. The smallest absolute Gasteiger partial charge is 0.137 e. The van der Waals surface area contributed by atoms with E-state index >= 15 is 0 Å². The molecular weight excluding hydrogens is 204 g/mol. The van der Waals surface area contributed by atoms with E-state index in [0.717, 1.165) is 5.65 Å². The SMILES string of the molecule is OCC(O)c1cn2cc(C3CC3)ccc2n1. The van der Waals surface area contributed by atoms with E-state index in [4.69, 9.17) is 5.11 Å². The predicted octanol–water partition coefficient (Wildman–Crippen LogP) is 1.24. The van der Waals surface area contributed by atoms with Crippen LogP contribution in [0.4, 0.5) is 0 Å². The molecule has 2 N–H and O–H groups in total. The van der Waals surface area contributed by atoms with Gasteiger partial charge in [0, 0.05) is 12.4 Å². The number of pyridine rings is 1. The van der Waals surface area contributed by atoms with Crippen LogP contribution >= 0.6 is 0 Å². The van der Waals surface area contributed by atoms with Crippen molar-refractivity contribution in [2.75, 3.05) is 6.61 Å². The van der Waals surface area contributed by atoms with E-state index in [0.29, 0.717) is 11.6 Å². The van der Waals surface area contributed by atoms with Crippen molar-refractivity contribution in [1.29, 1.82) is 0 Å². The number of rotatable bonds is 3. The highest BCUT2D eigenvalue weighted by atomic mass is 16.3. The van der Waals surface area contributed by atoms with Crippen molar-refractivity contribution in [3.63, 3.8) is 0 Å². The van der Waals surface area contributed by atoms with Crippen LogP contribution in [0, 0.1) is 0 Å². The van der Waals surface area contributed by atoms with Gasteiger partial charge in [-0.2, -0.15) is 0 Å². The molecule has 0 spiro atoms. The van der Waals surface area contributed by atoms with Crippen LogP contribution in [0.3, 0.4) is 0 Å². The molecule has 3 rings (SSSR count). The molecule has 0 radical (unpaired) electrons. The van der Waals surface area contributed by atoms with Gasteiger partial charge in [-0.1, -0.05) is 6.07 Å². The van der Waals surface area contributed by atoms with Gasteiger partial charge in [-0.15, -0.1) is 0 Å². The largest absolute Gasteiger partial charge is 0.393 e. The van der Waals surface area contributed by atoms with E-state index in [1.165, 1.54) is 18.4 Å². The molecule has 1 aliphatic carbocycles. The lowest BCUT2D eigenvalue weighted by Gasteiger charge is -1.99. The van der Waals surface area contributed by atoms with Gasteiger partial charge in [0.25, 0.3) is 0 Å². The molecule has 1 unspecified atom stereocenters. The standard InChI is InChI=1S/C12H14N2O2/c15-7-11(16)10-6-14-5-9(8-1-2-8)3-4-12(14)13-10/h3-6,8,11,15-16H,1-2,7H2. The Morgan fingerprint density at radius 3 is 2.88 bits per heavy atom. The maximum atomic E-state index is 9.50.